The average molecular weight is 346 g/mol. The summed E-state index contributed by atoms with van der Waals surface area (Å²) in [6.45, 7) is 0.593. The molecule has 6 heteroatoms. The van der Waals surface area contributed by atoms with Gasteiger partial charge in [0.05, 0.1) is 12.0 Å². The fourth-order valence-electron chi connectivity index (χ4n) is 3.29. The van der Waals surface area contributed by atoms with Crippen LogP contribution in [0, 0.1) is 5.82 Å². The zero-order valence-electron chi connectivity index (χ0n) is 14.0. The fraction of sp³-hybridized carbons (Fsp3) is 0.421. The summed E-state index contributed by atoms with van der Waals surface area (Å²) in [5, 5.41) is 13.0. The molecule has 25 heavy (non-hydrogen) atoms. The second-order valence-corrected chi connectivity index (χ2v) is 6.37. The van der Waals surface area contributed by atoms with E-state index >= 15 is 0 Å². The second kappa shape index (κ2) is 8.16. The van der Waals surface area contributed by atoms with Crippen LogP contribution in [0.1, 0.15) is 44.0 Å². The number of carbonyl (C=O) groups excluding carboxylic acids is 1. The number of anilines is 1. The molecule has 1 aromatic heterocycles. The Labute approximate surface area is 146 Å². The third-order valence-electron chi connectivity index (χ3n) is 4.62. The van der Waals surface area contributed by atoms with Crippen molar-refractivity contribution in [3.63, 3.8) is 0 Å². The quantitative estimate of drug-likeness (QED) is 0.866. The van der Waals surface area contributed by atoms with E-state index in [4.69, 9.17) is 4.42 Å². The van der Waals surface area contributed by atoms with Crippen LogP contribution in [0.4, 0.5) is 14.9 Å². The number of carbonyl (C=O) groups is 1. The van der Waals surface area contributed by atoms with Gasteiger partial charge in [0.2, 0.25) is 0 Å². The first kappa shape index (κ1) is 17.5. The predicted molar refractivity (Wildman–Crippen MR) is 92.7 cm³/mol. The Morgan fingerprint density at radius 1 is 1.28 bits per heavy atom. The maximum absolute atomic E-state index is 13.8. The Kier molecular flexibility index (Phi) is 5.71. The van der Waals surface area contributed by atoms with Crippen molar-refractivity contribution in [2.45, 2.75) is 44.2 Å². The molecule has 0 spiro atoms. The number of likely N-dealkylation sites (tertiary alicyclic amines) is 1. The van der Waals surface area contributed by atoms with Crippen molar-refractivity contribution >= 4 is 11.7 Å². The lowest BCUT2D eigenvalue weighted by Crippen LogP contribution is -2.43. The first-order valence-corrected chi connectivity index (χ1v) is 8.69. The van der Waals surface area contributed by atoms with Crippen molar-refractivity contribution in [2.75, 3.05) is 11.9 Å². The Bertz CT molecular complexity index is 690. The number of hydrogen-bond acceptors (Lipinski definition) is 3. The summed E-state index contributed by atoms with van der Waals surface area (Å²) in [6, 6.07) is 9.13. The van der Waals surface area contributed by atoms with Gasteiger partial charge < -0.3 is 19.7 Å². The molecule has 1 aliphatic rings. The molecule has 2 atom stereocenters. The lowest BCUT2D eigenvalue weighted by atomic mass is 10.0. The normalized spacial score (nSPS) is 19.3. The molecule has 5 nitrogen and oxygen atoms in total. The van der Waals surface area contributed by atoms with Gasteiger partial charge >= 0.3 is 6.03 Å². The lowest BCUT2D eigenvalue weighted by Gasteiger charge is -2.31. The molecule has 2 aromatic rings. The molecule has 0 aliphatic carbocycles. The third kappa shape index (κ3) is 4.39. The molecule has 134 valence electrons. The minimum atomic E-state index is -0.762. The molecule has 0 unspecified atom stereocenters. The van der Waals surface area contributed by atoms with E-state index in [2.05, 4.69) is 5.32 Å². The standard InChI is InChI=1S/C19H23FN2O3/c20-15-8-3-4-9-16(15)21-19(24)22-11-5-1-2-7-14(22)13-17(23)18-10-6-12-25-18/h3-4,6,8-10,12,14,17,23H,1-2,5,7,11,13H2,(H,21,24)/t14-,17+/m0/s1. The van der Waals surface area contributed by atoms with Crippen LogP contribution in [0.15, 0.2) is 47.1 Å². The number of nitrogens with one attached hydrogen (secondary N) is 1. The summed E-state index contributed by atoms with van der Waals surface area (Å²) in [6.07, 6.45) is 4.91. The molecule has 0 radical (unpaired) electrons. The van der Waals surface area contributed by atoms with Gasteiger partial charge in [0, 0.05) is 19.0 Å². The van der Waals surface area contributed by atoms with Crippen LogP contribution in [0.25, 0.3) is 0 Å². The Morgan fingerprint density at radius 2 is 2.12 bits per heavy atom. The number of furan rings is 1. The maximum atomic E-state index is 13.8. The first-order chi connectivity index (χ1) is 12.1. The van der Waals surface area contributed by atoms with E-state index in [0.717, 1.165) is 25.7 Å². The van der Waals surface area contributed by atoms with E-state index in [1.165, 1.54) is 18.4 Å². The van der Waals surface area contributed by atoms with Gasteiger partial charge in [-0.05, 0) is 37.1 Å². The number of urea groups is 1. The van der Waals surface area contributed by atoms with E-state index in [9.17, 15) is 14.3 Å². The molecule has 2 N–H and O–H groups in total. The lowest BCUT2D eigenvalue weighted by molar-refractivity contribution is 0.0987. The molecule has 1 fully saturated rings. The highest BCUT2D eigenvalue weighted by Crippen LogP contribution is 2.27. The maximum Gasteiger partial charge on any atom is 0.322 e. The molecule has 2 amide bonds. The van der Waals surface area contributed by atoms with E-state index < -0.39 is 11.9 Å². The van der Waals surface area contributed by atoms with Crippen molar-refractivity contribution < 1.29 is 18.7 Å². The van der Waals surface area contributed by atoms with Gasteiger partial charge in [-0.3, -0.25) is 0 Å². The van der Waals surface area contributed by atoms with Crippen LogP contribution in [0.2, 0.25) is 0 Å². The number of hydrogen-bond donors (Lipinski definition) is 2. The van der Waals surface area contributed by atoms with Crippen LogP contribution >= 0.6 is 0 Å². The number of para-hydroxylation sites is 1. The van der Waals surface area contributed by atoms with Gasteiger partial charge in [-0.1, -0.05) is 25.0 Å². The molecular weight excluding hydrogens is 323 g/mol. The van der Waals surface area contributed by atoms with Crippen LogP contribution in [-0.4, -0.2) is 28.6 Å². The number of benzene rings is 1. The number of rotatable bonds is 4. The molecule has 1 aromatic carbocycles. The average Bonchev–Trinajstić information content (AvgIpc) is 3.04. The number of aliphatic hydroxyl groups excluding tert-OH is 1. The minimum absolute atomic E-state index is 0.116. The van der Waals surface area contributed by atoms with Crippen LogP contribution in [0.5, 0.6) is 0 Å². The Morgan fingerprint density at radius 3 is 2.88 bits per heavy atom. The van der Waals surface area contributed by atoms with Crippen LogP contribution < -0.4 is 5.32 Å². The van der Waals surface area contributed by atoms with Crippen molar-refractivity contribution in [3.05, 3.63) is 54.2 Å². The summed E-state index contributed by atoms with van der Waals surface area (Å²) in [5.74, 6) is 0.0385. The van der Waals surface area contributed by atoms with Gasteiger partial charge in [0.25, 0.3) is 0 Å². The summed E-state index contributed by atoms with van der Waals surface area (Å²) in [7, 11) is 0. The van der Waals surface area contributed by atoms with Gasteiger partial charge in [-0.15, -0.1) is 0 Å². The predicted octanol–water partition coefficient (Wildman–Crippen LogP) is 4.32. The van der Waals surface area contributed by atoms with Gasteiger partial charge in [-0.25, -0.2) is 9.18 Å². The van der Waals surface area contributed by atoms with Crippen molar-refractivity contribution in [1.29, 1.82) is 0 Å². The van der Waals surface area contributed by atoms with E-state index in [-0.39, 0.29) is 17.8 Å². The number of amides is 2. The zero-order chi connectivity index (χ0) is 17.6. The number of aliphatic hydroxyl groups is 1. The molecule has 0 saturated carbocycles. The first-order valence-electron chi connectivity index (χ1n) is 8.69. The van der Waals surface area contributed by atoms with Crippen molar-refractivity contribution in [1.82, 2.24) is 4.90 Å². The highest BCUT2D eigenvalue weighted by atomic mass is 19.1. The summed E-state index contributed by atoms with van der Waals surface area (Å²) in [5.41, 5.74) is 0.169. The number of halogens is 1. The minimum Gasteiger partial charge on any atom is -0.467 e. The molecule has 1 saturated heterocycles. The van der Waals surface area contributed by atoms with Crippen LogP contribution in [0.3, 0.4) is 0 Å². The van der Waals surface area contributed by atoms with Crippen LogP contribution in [-0.2, 0) is 0 Å². The largest absolute Gasteiger partial charge is 0.467 e. The molecule has 2 heterocycles. The number of nitrogens with zero attached hydrogens (tertiary/aromatic N) is 1. The molecule has 0 bridgehead atoms. The van der Waals surface area contributed by atoms with Gasteiger partial charge in [-0.2, -0.15) is 0 Å². The molecular formula is C19H23FN2O3. The monoisotopic (exact) mass is 346 g/mol. The SMILES string of the molecule is O=C(Nc1ccccc1F)N1CCCCC[C@H]1C[C@@H](O)c1ccco1. The third-order valence-corrected chi connectivity index (χ3v) is 4.62. The highest BCUT2D eigenvalue weighted by Gasteiger charge is 2.29. The van der Waals surface area contributed by atoms with Crippen molar-refractivity contribution in [3.8, 4) is 0 Å². The topological polar surface area (TPSA) is 65.7 Å². The summed E-state index contributed by atoms with van der Waals surface area (Å²) in [4.78, 5) is 14.4. The smallest absolute Gasteiger partial charge is 0.322 e. The molecule has 1 aliphatic heterocycles. The Hall–Kier alpha value is -2.34. The van der Waals surface area contributed by atoms with E-state index in [1.807, 2.05) is 0 Å². The molecule has 3 rings (SSSR count). The highest BCUT2D eigenvalue weighted by molar-refractivity contribution is 5.89. The zero-order valence-corrected chi connectivity index (χ0v) is 14.0. The van der Waals surface area contributed by atoms with Gasteiger partial charge in [0.1, 0.15) is 17.7 Å². The van der Waals surface area contributed by atoms with Gasteiger partial charge in [0.15, 0.2) is 0 Å². The second-order valence-electron chi connectivity index (χ2n) is 6.37. The van der Waals surface area contributed by atoms with E-state index in [0.29, 0.717) is 18.7 Å². The summed E-state index contributed by atoms with van der Waals surface area (Å²) < 4.78 is 19.1. The Balaban J connectivity index is 1.71. The van der Waals surface area contributed by atoms with E-state index in [1.54, 1.807) is 29.2 Å². The van der Waals surface area contributed by atoms with Crippen molar-refractivity contribution in [2.24, 2.45) is 0 Å². The summed E-state index contributed by atoms with van der Waals surface area (Å²) >= 11 is 0. The fourth-order valence-corrected chi connectivity index (χ4v) is 3.29.